The Hall–Kier alpha value is -3.13. The molecule has 2 aromatic heterocycles. The van der Waals surface area contributed by atoms with E-state index in [-0.39, 0.29) is 11.8 Å². The monoisotopic (exact) mass is 381 g/mol. The summed E-state index contributed by atoms with van der Waals surface area (Å²) < 4.78 is 0. The van der Waals surface area contributed by atoms with Gasteiger partial charge in [0, 0.05) is 36.6 Å². The van der Waals surface area contributed by atoms with Crippen molar-refractivity contribution >= 4 is 28.8 Å². The molecular formula is C19H19N5O2S. The standard InChI is InChI=1S/C19H19N5O2S/c1-2-5-16-23-24-19(27-16)18(26)22-15-8-3-7-14(10-15)17(25)21-12-13-6-4-9-20-11-13/h3-4,6-11H,2,5,12H2,1H3,(H,21,25)(H,22,26). The molecule has 0 atom stereocenters. The van der Waals surface area contributed by atoms with Gasteiger partial charge in [-0.3, -0.25) is 14.6 Å². The van der Waals surface area contributed by atoms with Crippen LogP contribution in [0.5, 0.6) is 0 Å². The molecule has 0 unspecified atom stereocenters. The SMILES string of the molecule is CCCc1nnc(C(=O)Nc2cccc(C(=O)NCc3cccnc3)c2)s1. The summed E-state index contributed by atoms with van der Waals surface area (Å²) in [4.78, 5) is 28.7. The van der Waals surface area contributed by atoms with Gasteiger partial charge in [0.15, 0.2) is 0 Å². The minimum Gasteiger partial charge on any atom is -0.348 e. The lowest BCUT2D eigenvalue weighted by Gasteiger charge is -2.07. The van der Waals surface area contributed by atoms with E-state index in [9.17, 15) is 9.59 Å². The van der Waals surface area contributed by atoms with E-state index in [4.69, 9.17) is 0 Å². The van der Waals surface area contributed by atoms with E-state index in [2.05, 4.69) is 25.8 Å². The maximum atomic E-state index is 12.3. The molecule has 138 valence electrons. The highest BCUT2D eigenvalue weighted by molar-refractivity contribution is 7.13. The molecule has 0 fully saturated rings. The first-order valence-corrected chi connectivity index (χ1v) is 9.38. The summed E-state index contributed by atoms with van der Waals surface area (Å²) in [5, 5.41) is 14.7. The Morgan fingerprint density at radius 2 is 2.00 bits per heavy atom. The Labute approximate surface area is 160 Å². The molecule has 0 saturated heterocycles. The van der Waals surface area contributed by atoms with Crippen LogP contribution in [0.15, 0.2) is 48.8 Å². The number of nitrogens with one attached hydrogen (secondary N) is 2. The highest BCUT2D eigenvalue weighted by Gasteiger charge is 2.14. The molecule has 0 radical (unpaired) electrons. The van der Waals surface area contributed by atoms with E-state index in [1.54, 1.807) is 36.7 Å². The highest BCUT2D eigenvalue weighted by atomic mass is 32.1. The average molecular weight is 381 g/mol. The van der Waals surface area contributed by atoms with Gasteiger partial charge in [0.05, 0.1) is 0 Å². The molecule has 0 bridgehead atoms. The van der Waals surface area contributed by atoms with Gasteiger partial charge in [0.25, 0.3) is 11.8 Å². The van der Waals surface area contributed by atoms with E-state index < -0.39 is 0 Å². The minimum atomic E-state index is -0.331. The van der Waals surface area contributed by atoms with Crippen LogP contribution in [-0.4, -0.2) is 27.0 Å². The van der Waals surface area contributed by atoms with Crippen molar-refractivity contribution in [3.63, 3.8) is 0 Å². The smallest absolute Gasteiger partial charge is 0.286 e. The number of pyridine rings is 1. The van der Waals surface area contributed by atoms with Gasteiger partial charge in [0.2, 0.25) is 5.01 Å². The molecule has 2 amide bonds. The van der Waals surface area contributed by atoms with Gasteiger partial charge in [-0.2, -0.15) is 0 Å². The molecule has 0 spiro atoms. The van der Waals surface area contributed by atoms with Crippen molar-refractivity contribution < 1.29 is 9.59 Å². The van der Waals surface area contributed by atoms with Crippen molar-refractivity contribution in [1.29, 1.82) is 0 Å². The number of carbonyl (C=O) groups is 2. The van der Waals surface area contributed by atoms with Gasteiger partial charge >= 0.3 is 0 Å². The van der Waals surface area contributed by atoms with Crippen molar-refractivity contribution in [2.75, 3.05) is 5.32 Å². The number of nitrogens with zero attached hydrogens (tertiary/aromatic N) is 3. The molecule has 2 N–H and O–H groups in total. The van der Waals surface area contributed by atoms with Gasteiger partial charge in [0.1, 0.15) is 5.01 Å². The number of rotatable bonds is 7. The zero-order chi connectivity index (χ0) is 19.1. The van der Waals surface area contributed by atoms with Gasteiger partial charge in [-0.15, -0.1) is 10.2 Å². The number of amides is 2. The van der Waals surface area contributed by atoms with Crippen LogP contribution in [-0.2, 0) is 13.0 Å². The molecule has 0 aliphatic carbocycles. The Bertz CT molecular complexity index is 927. The molecule has 7 nitrogen and oxygen atoms in total. The van der Waals surface area contributed by atoms with Crippen LogP contribution in [0.4, 0.5) is 5.69 Å². The third kappa shape index (κ3) is 5.18. The molecule has 0 aliphatic heterocycles. The van der Waals surface area contributed by atoms with Crippen molar-refractivity contribution in [2.45, 2.75) is 26.3 Å². The summed E-state index contributed by atoms with van der Waals surface area (Å²) in [6.45, 7) is 2.43. The fraction of sp³-hybridized carbons (Fsp3) is 0.211. The Morgan fingerprint density at radius 1 is 1.11 bits per heavy atom. The summed E-state index contributed by atoms with van der Waals surface area (Å²) in [5.41, 5.74) is 1.90. The van der Waals surface area contributed by atoms with Gasteiger partial charge in [-0.05, 0) is 36.2 Å². The van der Waals surface area contributed by atoms with E-state index in [0.717, 1.165) is 23.4 Å². The Morgan fingerprint density at radius 3 is 2.78 bits per heavy atom. The number of hydrogen-bond donors (Lipinski definition) is 2. The van der Waals surface area contributed by atoms with Crippen LogP contribution in [0.3, 0.4) is 0 Å². The number of aromatic nitrogens is 3. The second-order valence-corrected chi connectivity index (χ2v) is 6.89. The quantitative estimate of drug-likeness (QED) is 0.656. The minimum absolute atomic E-state index is 0.226. The molecule has 3 aromatic rings. The van der Waals surface area contributed by atoms with Crippen LogP contribution < -0.4 is 10.6 Å². The lowest BCUT2D eigenvalue weighted by Crippen LogP contribution is -2.23. The van der Waals surface area contributed by atoms with Crippen molar-refractivity contribution in [1.82, 2.24) is 20.5 Å². The second kappa shape index (κ2) is 9.00. The van der Waals surface area contributed by atoms with E-state index in [1.165, 1.54) is 11.3 Å². The van der Waals surface area contributed by atoms with Crippen LogP contribution in [0, 0.1) is 0 Å². The summed E-state index contributed by atoms with van der Waals surface area (Å²) in [6, 6.07) is 10.5. The topological polar surface area (TPSA) is 96.9 Å². The molecule has 1 aromatic carbocycles. The summed E-state index contributed by atoms with van der Waals surface area (Å²) in [5.74, 6) is -0.557. The number of benzene rings is 1. The molecule has 0 saturated carbocycles. The normalized spacial score (nSPS) is 10.4. The van der Waals surface area contributed by atoms with Crippen molar-refractivity contribution in [3.8, 4) is 0 Å². The third-order valence-electron chi connectivity index (χ3n) is 3.68. The highest BCUT2D eigenvalue weighted by Crippen LogP contribution is 2.16. The first-order valence-electron chi connectivity index (χ1n) is 8.56. The number of hydrogen-bond acceptors (Lipinski definition) is 6. The first kappa shape index (κ1) is 18.7. The lowest BCUT2D eigenvalue weighted by atomic mass is 10.2. The predicted octanol–water partition coefficient (Wildman–Crippen LogP) is 3.07. The summed E-state index contributed by atoms with van der Waals surface area (Å²) in [7, 11) is 0. The van der Waals surface area contributed by atoms with E-state index in [0.29, 0.717) is 22.8 Å². The van der Waals surface area contributed by atoms with Crippen LogP contribution >= 0.6 is 11.3 Å². The molecule has 27 heavy (non-hydrogen) atoms. The Kier molecular flexibility index (Phi) is 6.22. The van der Waals surface area contributed by atoms with Crippen molar-refractivity contribution in [3.05, 3.63) is 69.9 Å². The zero-order valence-corrected chi connectivity index (χ0v) is 15.6. The van der Waals surface area contributed by atoms with Crippen molar-refractivity contribution in [2.24, 2.45) is 0 Å². The largest absolute Gasteiger partial charge is 0.348 e. The molecule has 3 rings (SSSR count). The lowest BCUT2D eigenvalue weighted by molar-refractivity contribution is 0.0949. The summed E-state index contributed by atoms with van der Waals surface area (Å²) in [6.07, 6.45) is 5.14. The van der Waals surface area contributed by atoms with E-state index in [1.807, 2.05) is 19.1 Å². The molecule has 0 aliphatic rings. The predicted molar refractivity (Wildman–Crippen MR) is 104 cm³/mol. The maximum Gasteiger partial charge on any atom is 0.286 e. The molecule has 2 heterocycles. The summed E-state index contributed by atoms with van der Waals surface area (Å²) >= 11 is 1.28. The average Bonchev–Trinajstić information content (AvgIpc) is 3.16. The number of carbonyl (C=O) groups excluding carboxylic acids is 2. The van der Waals surface area contributed by atoms with Crippen LogP contribution in [0.2, 0.25) is 0 Å². The molecule has 8 heteroatoms. The van der Waals surface area contributed by atoms with Gasteiger partial charge in [-0.1, -0.05) is 30.4 Å². The second-order valence-electron chi connectivity index (χ2n) is 5.83. The Balaban J connectivity index is 1.62. The zero-order valence-electron chi connectivity index (χ0n) is 14.8. The van der Waals surface area contributed by atoms with Crippen LogP contribution in [0.25, 0.3) is 0 Å². The number of anilines is 1. The fourth-order valence-corrected chi connectivity index (χ4v) is 3.21. The third-order valence-corrected chi connectivity index (χ3v) is 4.67. The van der Waals surface area contributed by atoms with E-state index >= 15 is 0 Å². The van der Waals surface area contributed by atoms with Gasteiger partial charge < -0.3 is 10.6 Å². The number of aryl methyl sites for hydroxylation is 1. The molecular weight excluding hydrogens is 362 g/mol. The fourth-order valence-electron chi connectivity index (χ4n) is 2.37. The van der Waals surface area contributed by atoms with Gasteiger partial charge in [-0.25, -0.2) is 0 Å². The first-order chi connectivity index (χ1) is 13.2. The maximum absolute atomic E-state index is 12.3. The van der Waals surface area contributed by atoms with Crippen LogP contribution in [0.1, 0.15) is 44.1 Å².